The summed E-state index contributed by atoms with van der Waals surface area (Å²) < 4.78 is 5.79. The van der Waals surface area contributed by atoms with E-state index in [9.17, 15) is 0 Å². The molecule has 1 aliphatic carbocycles. The van der Waals surface area contributed by atoms with E-state index in [2.05, 4.69) is 36.5 Å². The quantitative estimate of drug-likeness (QED) is 0.782. The summed E-state index contributed by atoms with van der Waals surface area (Å²) >= 11 is 0. The highest BCUT2D eigenvalue weighted by Crippen LogP contribution is 2.17. The number of hydrogen-bond acceptors (Lipinski definition) is 2. The Bertz CT molecular complexity index is 364. The van der Waals surface area contributed by atoms with Crippen LogP contribution in [0.25, 0.3) is 0 Å². The third kappa shape index (κ3) is 6.99. The fourth-order valence-corrected chi connectivity index (χ4v) is 3.08. The highest BCUT2D eigenvalue weighted by molar-refractivity contribution is 5.26. The summed E-state index contributed by atoms with van der Waals surface area (Å²) in [4.78, 5) is 0. The van der Waals surface area contributed by atoms with E-state index in [4.69, 9.17) is 4.74 Å². The van der Waals surface area contributed by atoms with Crippen molar-refractivity contribution in [3.63, 3.8) is 0 Å². The molecule has 21 heavy (non-hydrogen) atoms. The van der Waals surface area contributed by atoms with Crippen molar-refractivity contribution in [1.82, 2.24) is 5.32 Å². The Balaban J connectivity index is 1.62. The summed E-state index contributed by atoms with van der Waals surface area (Å²) in [6.07, 6.45) is 12.6. The van der Waals surface area contributed by atoms with Crippen LogP contribution in [0.1, 0.15) is 63.4 Å². The first-order valence-corrected chi connectivity index (χ1v) is 8.77. The predicted molar refractivity (Wildman–Crippen MR) is 90.0 cm³/mol. The minimum Gasteiger partial charge on any atom is -0.492 e. The average molecular weight is 289 g/mol. The van der Waals surface area contributed by atoms with Gasteiger partial charge in [-0.25, -0.2) is 0 Å². The van der Waals surface area contributed by atoms with Crippen molar-refractivity contribution >= 4 is 0 Å². The van der Waals surface area contributed by atoms with E-state index in [-0.39, 0.29) is 0 Å². The molecule has 0 amide bonds. The average Bonchev–Trinajstić information content (AvgIpc) is 2.51. The number of rotatable bonds is 5. The molecule has 0 saturated heterocycles. The zero-order valence-corrected chi connectivity index (χ0v) is 13.6. The van der Waals surface area contributed by atoms with E-state index in [0.29, 0.717) is 6.04 Å². The maximum Gasteiger partial charge on any atom is 0.119 e. The van der Waals surface area contributed by atoms with Gasteiger partial charge in [0.1, 0.15) is 12.4 Å². The van der Waals surface area contributed by atoms with Gasteiger partial charge in [0, 0.05) is 12.6 Å². The molecule has 2 nitrogen and oxygen atoms in total. The smallest absolute Gasteiger partial charge is 0.119 e. The van der Waals surface area contributed by atoms with Gasteiger partial charge in [-0.3, -0.25) is 0 Å². The van der Waals surface area contributed by atoms with Gasteiger partial charge in [0.25, 0.3) is 0 Å². The van der Waals surface area contributed by atoms with E-state index < -0.39 is 0 Å². The topological polar surface area (TPSA) is 21.3 Å². The Kier molecular flexibility index (Phi) is 7.66. The third-order valence-corrected chi connectivity index (χ3v) is 4.43. The fourth-order valence-electron chi connectivity index (χ4n) is 3.08. The number of nitrogens with one attached hydrogen (secondary N) is 1. The second-order valence-corrected chi connectivity index (χ2v) is 6.36. The number of aryl methyl sites for hydroxylation is 1. The number of hydrogen-bond donors (Lipinski definition) is 1. The molecule has 0 atom stereocenters. The molecule has 1 fully saturated rings. The number of benzene rings is 1. The van der Waals surface area contributed by atoms with Crippen LogP contribution < -0.4 is 10.1 Å². The van der Waals surface area contributed by atoms with Crippen molar-refractivity contribution in [3.05, 3.63) is 29.8 Å². The zero-order chi connectivity index (χ0) is 14.8. The van der Waals surface area contributed by atoms with E-state index in [0.717, 1.165) is 18.9 Å². The van der Waals surface area contributed by atoms with Gasteiger partial charge in [-0.05, 0) is 31.9 Å². The van der Waals surface area contributed by atoms with Crippen LogP contribution in [0.3, 0.4) is 0 Å². The molecule has 0 unspecified atom stereocenters. The molecule has 1 saturated carbocycles. The first-order chi connectivity index (χ1) is 10.3. The van der Waals surface area contributed by atoms with Crippen molar-refractivity contribution in [2.75, 3.05) is 13.2 Å². The summed E-state index contributed by atoms with van der Waals surface area (Å²) in [7, 11) is 0. The molecular formula is C19H31NO. The second kappa shape index (κ2) is 9.83. The van der Waals surface area contributed by atoms with Crippen molar-refractivity contribution in [2.45, 2.75) is 70.8 Å². The SMILES string of the molecule is Cc1ccc(OCCNC2CCCCCCCCC2)cc1. The Labute approximate surface area is 130 Å². The third-order valence-electron chi connectivity index (χ3n) is 4.43. The highest BCUT2D eigenvalue weighted by atomic mass is 16.5. The lowest BCUT2D eigenvalue weighted by Gasteiger charge is -2.20. The maximum atomic E-state index is 5.79. The van der Waals surface area contributed by atoms with Crippen LogP contribution in [0.15, 0.2) is 24.3 Å². The Morgan fingerprint density at radius 1 is 0.905 bits per heavy atom. The largest absolute Gasteiger partial charge is 0.492 e. The highest BCUT2D eigenvalue weighted by Gasteiger charge is 2.09. The Morgan fingerprint density at radius 2 is 1.48 bits per heavy atom. The molecular weight excluding hydrogens is 258 g/mol. The second-order valence-electron chi connectivity index (χ2n) is 6.36. The first-order valence-electron chi connectivity index (χ1n) is 8.77. The minimum atomic E-state index is 0.699. The maximum absolute atomic E-state index is 5.79. The molecule has 0 aromatic heterocycles. The summed E-state index contributed by atoms with van der Waals surface area (Å²) in [6, 6.07) is 9.01. The Morgan fingerprint density at radius 3 is 2.10 bits per heavy atom. The molecule has 1 aromatic carbocycles. The minimum absolute atomic E-state index is 0.699. The van der Waals surface area contributed by atoms with E-state index in [1.54, 1.807) is 0 Å². The summed E-state index contributed by atoms with van der Waals surface area (Å²) in [5.74, 6) is 0.980. The fraction of sp³-hybridized carbons (Fsp3) is 0.684. The standard InChI is InChI=1S/C19H31NO/c1-17-11-13-19(14-12-17)21-16-15-20-18-9-7-5-3-2-4-6-8-10-18/h11-14,18,20H,2-10,15-16H2,1H3. The Hall–Kier alpha value is -1.02. The van der Waals surface area contributed by atoms with Gasteiger partial charge in [0.05, 0.1) is 0 Å². The van der Waals surface area contributed by atoms with Crippen LogP contribution in [0.4, 0.5) is 0 Å². The normalized spacial score (nSPS) is 18.3. The molecule has 118 valence electrons. The molecule has 2 rings (SSSR count). The lowest BCUT2D eigenvalue weighted by molar-refractivity contribution is 0.295. The molecule has 1 aliphatic rings. The van der Waals surface area contributed by atoms with E-state index in [1.807, 2.05) is 0 Å². The van der Waals surface area contributed by atoms with Crippen LogP contribution in [-0.2, 0) is 0 Å². The van der Waals surface area contributed by atoms with E-state index in [1.165, 1.54) is 63.4 Å². The van der Waals surface area contributed by atoms with Crippen molar-refractivity contribution < 1.29 is 4.74 Å². The first kappa shape index (κ1) is 16.4. The van der Waals surface area contributed by atoms with Gasteiger partial charge < -0.3 is 10.1 Å². The number of ether oxygens (including phenoxy) is 1. The molecule has 2 heteroatoms. The summed E-state index contributed by atoms with van der Waals surface area (Å²) in [5.41, 5.74) is 1.28. The molecule has 0 heterocycles. The predicted octanol–water partition coefficient (Wildman–Crippen LogP) is 4.86. The molecule has 1 N–H and O–H groups in total. The molecule has 0 radical (unpaired) electrons. The van der Waals surface area contributed by atoms with Crippen molar-refractivity contribution in [1.29, 1.82) is 0 Å². The zero-order valence-electron chi connectivity index (χ0n) is 13.6. The summed E-state index contributed by atoms with van der Waals surface area (Å²) in [5, 5.41) is 3.69. The lowest BCUT2D eigenvalue weighted by Crippen LogP contribution is -2.32. The van der Waals surface area contributed by atoms with Gasteiger partial charge in [0.15, 0.2) is 0 Å². The monoisotopic (exact) mass is 289 g/mol. The molecule has 0 spiro atoms. The van der Waals surface area contributed by atoms with Crippen LogP contribution in [-0.4, -0.2) is 19.2 Å². The van der Waals surface area contributed by atoms with Gasteiger partial charge >= 0.3 is 0 Å². The van der Waals surface area contributed by atoms with E-state index >= 15 is 0 Å². The molecule has 1 aromatic rings. The lowest BCUT2D eigenvalue weighted by atomic mass is 9.97. The van der Waals surface area contributed by atoms with Gasteiger partial charge in [-0.1, -0.05) is 62.6 Å². The molecule has 0 aliphatic heterocycles. The van der Waals surface area contributed by atoms with Crippen LogP contribution in [0.2, 0.25) is 0 Å². The van der Waals surface area contributed by atoms with Gasteiger partial charge in [-0.15, -0.1) is 0 Å². The molecule has 0 bridgehead atoms. The van der Waals surface area contributed by atoms with Gasteiger partial charge in [-0.2, -0.15) is 0 Å². The summed E-state index contributed by atoms with van der Waals surface area (Å²) in [6.45, 7) is 3.82. The van der Waals surface area contributed by atoms with Crippen molar-refractivity contribution in [3.8, 4) is 5.75 Å². The van der Waals surface area contributed by atoms with Gasteiger partial charge in [0.2, 0.25) is 0 Å². The van der Waals surface area contributed by atoms with Crippen LogP contribution >= 0.6 is 0 Å². The van der Waals surface area contributed by atoms with Crippen LogP contribution in [0.5, 0.6) is 5.75 Å². The van der Waals surface area contributed by atoms with Crippen molar-refractivity contribution in [2.24, 2.45) is 0 Å². The van der Waals surface area contributed by atoms with Crippen LogP contribution in [0, 0.1) is 6.92 Å².